The Morgan fingerprint density at radius 2 is 1.72 bits per heavy atom. The average molecular weight is 336 g/mol. The number of likely N-dealkylation sites (tertiary alicyclic amines) is 1. The van der Waals surface area contributed by atoms with Crippen molar-refractivity contribution in [1.82, 2.24) is 4.90 Å². The van der Waals surface area contributed by atoms with Crippen molar-refractivity contribution in [3.05, 3.63) is 42.0 Å². The zero-order chi connectivity index (χ0) is 17.1. The van der Waals surface area contributed by atoms with E-state index < -0.39 is 0 Å². The highest BCUT2D eigenvalue weighted by molar-refractivity contribution is 6.22. The van der Waals surface area contributed by atoms with Gasteiger partial charge in [0.15, 0.2) is 0 Å². The number of nitrogens with zero attached hydrogens (tertiary/aromatic N) is 2. The van der Waals surface area contributed by atoms with Gasteiger partial charge in [-0.2, -0.15) is 0 Å². The van der Waals surface area contributed by atoms with E-state index in [-0.39, 0.29) is 41.4 Å². The highest BCUT2D eigenvalue weighted by atomic mass is 16.2. The summed E-state index contributed by atoms with van der Waals surface area (Å²) in [6, 6.07) is 7.53. The quantitative estimate of drug-likeness (QED) is 0.627. The number of rotatable bonds is 3. The van der Waals surface area contributed by atoms with Crippen LogP contribution in [-0.2, 0) is 20.9 Å². The van der Waals surface area contributed by atoms with E-state index in [9.17, 15) is 14.4 Å². The summed E-state index contributed by atoms with van der Waals surface area (Å²) in [5.74, 6) is 0.166. The second-order valence-electron chi connectivity index (χ2n) is 7.60. The minimum Gasteiger partial charge on any atom is -0.338 e. The predicted molar refractivity (Wildman–Crippen MR) is 91.3 cm³/mol. The second-order valence-corrected chi connectivity index (χ2v) is 7.60. The Hall–Kier alpha value is -2.43. The van der Waals surface area contributed by atoms with Crippen LogP contribution in [-0.4, -0.2) is 29.2 Å². The minimum absolute atomic E-state index is 0.0544. The van der Waals surface area contributed by atoms with Crippen LogP contribution < -0.4 is 4.90 Å². The summed E-state index contributed by atoms with van der Waals surface area (Å²) in [6.07, 6.45) is 6.67. The zero-order valence-electron chi connectivity index (χ0n) is 13.9. The molecule has 4 atom stereocenters. The summed E-state index contributed by atoms with van der Waals surface area (Å²) >= 11 is 0. The van der Waals surface area contributed by atoms with Gasteiger partial charge in [-0.1, -0.05) is 24.3 Å². The molecule has 0 spiro atoms. The molecule has 0 N–H and O–H groups in total. The molecule has 0 aromatic heterocycles. The van der Waals surface area contributed by atoms with Gasteiger partial charge in [-0.25, -0.2) is 0 Å². The first kappa shape index (κ1) is 14.9. The van der Waals surface area contributed by atoms with E-state index in [4.69, 9.17) is 0 Å². The number of carbonyl (C=O) groups excluding carboxylic acids is 3. The number of hydrogen-bond donors (Lipinski definition) is 0. The first-order chi connectivity index (χ1) is 12.1. The molecule has 128 valence electrons. The first-order valence-electron chi connectivity index (χ1n) is 9.06. The van der Waals surface area contributed by atoms with E-state index in [1.54, 1.807) is 0 Å². The molecule has 5 rings (SSSR count). The molecule has 1 saturated carbocycles. The molecule has 1 aromatic carbocycles. The van der Waals surface area contributed by atoms with Gasteiger partial charge in [0, 0.05) is 19.5 Å². The molecule has 2 aliphatic carbocycles. The van der Waals surface area contributed by atoms with Gasteiger partial charge >= 0.3 is 0 Å². The van der Waals surface area contributed by atoms with E-state index in [1.165, 1.54) is 4.90 Å². The van der Waals surface area contributed by atoms with Crippen molar-refractivity contribution in [2.45, 2.75) is 25.8 Å². The van der Waals surface area contributed by atoms with E-state index >= 15 is 0 Å². The van der Waals surface area contributed by atoms with Gasteiger partial charge in [0.05, 0.1) is 17.5 Å². The number of carbonyl (C=O) groups is 3. The highest BCUT2D eigenvalue weighted by Crippen LogP contribution is 2.53. The fraction of sp³-hybridized carbons (Fsp3) is 0.450. The molecular weight excluding hydrogens is 316 g/mol. The maximum absolute atomic E-state index is 12.9. The molecule has 4 aliphatic rings. The van der Waals surface area contributed by atoms with Crippen LogP contribution in [0.25, 0.3) is 0 Å². The third-order valence-corrected chi connectivity index (χ3v) is 6.18. The maximum Gasteiger partial charge on any atom is 0.238 e. The van der Waals surface area contributed by atoms with E-state index in [2.05, 4.69) is 12.2 Å². The fourth-order valence-corrected chi connectivity index (χ4v) is 5.04. The first-order valence-corrected chi connectivity index (χ1v) is 9.06. The molecule has 3 amide bonds. The number of imide groups is 1. The summed E-state index contributed by atoms with van der Waals surface area (Å²) in [5.41, 5.74) is 1.61. The summed E-state index contributed by atoms with van der Waals surface area (Å²) in [7, 11) is 0. The molecule has 2 bridgehead atoms. The third kappa shape index (κ3) is 2.11. The number of amides is 3. The van der Waals surface area contributed by atoms with E-state index in [1.807, 2.05) is 29.2 Å². The normalized spacial score (nSPS) is 33.0. The molecule has 5 heteroatoms. The molecule has 25 heavy (non-hydrogen) atoms. The lowest BCUT2D eigenvalue weighted by molar-refractivity contribution is -0.128. The predicted octanol–water partition coefficient (Wildman–Crippen LogP) is 2.12. The Balaban J connectivity index is 1.42. The summed E-state index contributed by atoms with van der Waals surface area (Å²) in [5, 5.41) is 0. The highest BCUT2D eigenvalue weighted by Gasteiger charge is 2.59. The van der Waals surface area contributed by atoms with Crippen molar-refractivity contribution in [3.8, 4) is 0 Å². The van der Waals surface area contributed by atoms with Crippen LogP contribution in [0.15, 0.2) is 36.4 Å². The minimum atomic E-state index is -0.175. The molecule has 0 radical (unpaired) electrons. The molecule has 3 fully saturated rings. The summed E-state index contributed by atoms with van der Waals surface area (Å²) in [4.78, 5) is 40.9. The van der Waals surface area contributed by atoms with Gasteiger partial charge in [0.1, 0.15) is 0 Å². The lowest BCUT2D eigenvalue weighted by Gasteiger charge is -2.20. The number of allylic oxidation sites excluding steroid dienone is 2. The summed E-state index contributed by atoms with van der Waals surface area (Å²) < 4.78 is 0. The van der Waals surface area contributed by atoms with Crippen LogP contribution in [0.5, 0.6) is 0 Å². The van der Waals surface area contributed by atoms with Gasteiger partial charge in [-0.3, -0.25) is 19.3 Å². The van der Waals surface area contributed by atoms with Crippen molar-refractivity contribution >= 4 is 23.4 Å². The standard InChI is InChI=1S/C20H20N2O3/c23-16-5-2-8-21(16)11-12-3-1-4-15(9-12)22-19(24)17-13-6-7-14(10-13)18(17)20(22)25/h1,3-4,6-7,9,13-14,17-18H,2,5,8,10-11H2/t13-,14-,17+,18+/m0/s1. The Bertz CT molecular complexity index is 785. The van der Waals surface area contributed by atoms with Crippen LogP contribution in [0.2, 0.25) is 0 Å². The van der Waals surface area contributed by atoms with Crippen molar-refractivity contribution < 1.29 is 14.4 Å². The van der Waals surface area contributed by atoms with Crippen LogP contribution in [0.4, 0.5) is 5.69 Å². The Labute approximate surface area is 146 Å². The number of anilines is 1. The molecular formula is C20H20N2O3. The van der Waals surface area contributed by atoms with Gasteiger partial charge in [0.2, 0.25) is 17.7 Å². The van der Waals surface area contributed by atoms with E-state index in [0.29, 0.717) is 18.7 Å². The van der Waals surface area contributed by atoms with Crippen LogP contribution in [0.3, 0.4) is 0 Å². The molecule has 0 unspecified atom stereocenters. The van der Waals surface area contributed by atoms with Crippen LogP contribution in [0, 0.1) is 23.7 Å². The molecule has 2 aliphatic heterocycles. The average Bonchev–Trinajstić information content (AvgIpc) is 3.35. The monoisotopic (exact) mass is 336 g/mol. The Morgan fingerprint density at radius 3 is 2.36 bits per heavy atom. The third-order valence-electron chi connectivity index (χ3n) is 6.18. The van der Waals surface area contributed by atoms with Crippen molar-refractivity contribution in [1.29, 1.82) is 0 Å². The maximum atomic E-state index is 12.9. The van der Waals surface area contributed by atoms with Gasteiger partial charge < -0.3 is 4.90 Å². The molecule has 5 nitrogen and oxygen atoms in total. The second kappa shape index (κ2) is 5.28. The topological polar surface area (TPSA) is 57.7 Å². The van der Waals surface area contributed by atoms with Crippen molar-refractivity contribution in [3.63, 3.8) is 0 Å². The number of hydrogen-bond acceptors (Lipinski definition) is 3. The largest absolute Gasteiger partial charge is 0.338 e. The van der Waals surface area contributed by atoms with Crippen LogP contribution >= 0.6 is 0 Å². The van der Waals surface area contributed by atoms with Gasteiger partial charge in [-0.05, 0) is 42.4 Å². The number of fused-ring (bicyclic) bond motifs is 5. The molecule has 2 heterocycles. The van der Waals surface area contributed by atoms with Crippen molar-refractivity contribution in [2.24, 2.45) is 23.7 Å². The fourth-order valence-electron chi connectivity index (χ4n) is 5.04. The van der Waals surface area contributed by atoms with Crippen molar-refractivity contribution in [2.75, 3.05) is 11.4 Å². The summed E-state index contributed by atoms with van der Waals surface area (Å²) in [6.45, 7) is 1.33. The van der Waals surface area contributed by atoms with Gasteiger partial charge in [0.25, 0.3) is 0 Å². The molecule has 1 aromatic rings. The Morgan fingerprint density at radius 1 is 1.00 bits per heavy atom. The van der Waals surface area contributed by atoms with E-state index in [0.717, 1.165) is 24.9 Å². The molecule has 2 saturated heterocycles. The lowest BCUT2D eigenvalue weighted by Crippen LogP contribution is -2.33. The zero-order valence-corrected chi connectivity index (χ0v) is 13.9. The lowest BCUT2D eigenvalue weighted by atomic mass is 9.85. The van der Waals surface area contributed by atoms with Crippen LogP contribution in [0.1, 0.15) is 24.8 Å². The Kier molecular flexibility index (Phi) is 3.14. The smallest absolute Gasteiger partial charge is 0.238 e. The number of benzene rings is 1. The SMILES string of the molecule is O=C1CCCN1Cc1cccc(N2C(=O)[C@H]3[C@H](C2=O)[C@H]2C=C[C@H]3C2)c1. The van der Waals surface area contributed by atoms with Gasteiger partial charge in [-0.15, -0.1) is 0 Å².